The minimum Gasteiger partial charge on any atom is -0.478 e. The maximum atomic E-state index is 11.3. The van der Waals surface area contributed by atoms with Crippen LogP contribution in [0.1, 0.15) is 35.7 Å². The van der Waals surface area contributed by atoms with Gasteiger partial charge in [-0.1, -0.05) is 19.9 Å². The van der Waals surface area contributed by atoms with Gasteiger partial charge in [0.25, 0.3) is 0 Å². The van der Waals surface area contributed by atoms with Crippen LogP contribution in [0.2, 0.25) is 0 Å². The quantitative estimate of drug-likeness (QED) is 0.842. The molecule has 0 aliphatic carbocycles. The van der Waals surface area contributed by atoms with E-state index in [-0.39, 0.29) is 5.92 Å². The smallest absolute Gasteiger partial charge is 0.338 e. The van der Waals surface area contributed by atoms with Gasteiger partial charge in [0.15, 0.2) is 0 Å². The van der Waals surface area contributed by atoms with Gasteiger partial charge in [0.2, 0.25) is 0 Å². The molecule has 2 aromatic rings. The van der Waals surface area contributed by atoms with E-state index in [2.05, 4.69) is 4.98 Å². The van der Waals surface area contributed by atoms with E-state index in [1.165, 1.54) is 0 Å². The molecular weight excluding hydrogens is 204 g/mol. The highest BCUT2D eigenvalue weighted by atomic mass is 16.4. The number of carboxylic acid groups (broad SMARTS) is 1. The molecule has 0 radical (unpaired) electrons. The van der Waals surface area contributed by atoms with Crippen molar-refractivity contribution in [2.24, 2.45) is 7.05 Å². The van der Waals surface area contributed by atoms with Gasteiger partial charge in [0, 0.05) is 7.05 Å². The average molecular weight is 218 g/mol. The summed E-state index contributed by atoms with van der Waals surface area (Å²) >= 11 is 0. The van der Waals surface area contributed by atoms with E-state index in [0.717, 1.165) is 11.1 Å². The van der Waals surface area contributed by atoms with Gasteiger partial charge < -0.3 is 9.67 Å². The molecule has 0 bridgehead atoms. The number of imidazole rings is 1. The molecule has 84 valence electrons. The van der Waals surface area contributed by atoms with Crippen molar-refractivity contribution >= 4 is 17.0 Å². The molecule has 0 unspecified atom stereocenters. The lowest BCUT2D eigenvalue weighted by Gasteiger charge is -2.10. The van der Waals surface area contributed by atoms with Gasteiger partial charge in [0.1, 0.15) is 5.52 Å². The topological polar surface area (TPSA) is 55.1 Å². The van der Waals surface area contributed by atoms with Gasteiger partial charge in [0.05, 0.1) is 17.4 Å². The Morgan fingerprint density at radius 2 is 2.12 bits per heavy atom. The highest BCUT2D eigenvalue weighted by molar-refractivity contribution is 6.02. The third-order valence-corrected chi connectivity index (χ3v) is 2.76. The van der Waals surface area contributed by atoms with Crippen molar-refractivity contribution in [2.45, 2.75) is 19.8 Å². The lowest BCUT2D eigenvalue weighted by molar-refractivity contribution is 0.0697. The molecule has 1 heterocycles. The lowest BCUT2D eigenvalue weighted by Crippen LogP contribution is -2.05. The monoisotopic (exact) mass is 218 g/mol. The first-order chi connectivity index (χ1) is 7.52. The van der Waals surface area contributed by atoms with Crippen LogP contribution in [0.5, 0.6) is 0 Å². The number of fused-ring (bicyclic) bond motifs is 1. The number of aryl methyl sites for hydroxylation is 1. The Morgan fingerprint density at radius 3 is 2.69 bits per heavy atom. The molecule has 16 heavy (non-hydrogen) atoms. The zero-order chi connectivity index (χ0) is 11.9. The van der Waals surface area contributed by atoms with Gasteiger partial charge in [-0.2, -0.15) is 0 Å². The van der Waals surface area contributed by atoms with E-state index in [0.29, 0.717) is 11.1 Å². The van der Waals surface area contributed by atoms with Gasteiger partial charge in [-0.15, -0.1) is 0 Å². The molecule has 4 nitrogen and oxygen atoms in total. The average Bonchev–Trinajstić information content (AvgIpc) is 2.58. The van der Waals surface area contributed by atoms with Crippen LogP contribution in [0.4, 0.5) is 0 Å². The van der Waals surface area contributed by atoms with E-state index in [4.69, 9.17) is 0 Å². The highest BCUT2D eigenvalue weighted by Gasteiger charge is 2.18. The van der Waals surface area contributed by atoms with E-state index < -0.39 is 5.97 Å². The molecule has 1 aromatic carbocycles. The number of carboxylic acids is 1. The number of rotatable bonds is 2. The van der Waals surface area contributed by atoms with E-state index in [9.17, 15) is 9.90 Å². The standard InChI is InChI=1S/C12H14N2O2/c1-7(2)8-4-5-9-11(10(8)12(15)16)13-6-14(9)3/h4-7H,1-3H3,(H,15,16). The van der Waals surface area contributed by atoms with Crippen LogP contribution >= 0.6 is 0 Å². The Kier molecular flexibility index (Phi) is 2.42. The van der Waals surface area contributed by atoms with Crippen molar-refractivity contribution in [3.8, 4) is 0 Å². The van der Waals surface area contributed by atoms with Crippen LogP contribution in [0.3, 0.4) is 0 Å². The van der Waals surface area contributed by atoms with Crippen LogP contribution in [-0.2, 0) is 7.05 Å². The molecule has 0 fully saturated rings. The molecule has 4 heteroatoms. The Morgan fingerprint density at radius 1 is 1.44 bits per heavy atom. The predicted molar refractivity (Wildman–Crippen MR) is 61.8 cm³/mol. The largest absolute Gasteiger partial charge is 0.478 e. The van der Waals surface area contributed by atoms with Gasteiger partial charge in [-0.25, -0.2) is 9.78 Å². The Balaban J connectivity index is 2.85. The summed E-state index contributed by atoms with van der Waals surface area (Å²) in [5.41, 5.74) is 2.58. The maximum Gasteiger partial charge on any atom is 0.338 e. The Bertz CT molecular complexity index is 555. The molecule has 1 N–H and O–H groups in total. The number of hydrogen-bond donors (Lipinski definition) is 1. The Hall–Kier alpha value is -1.84. The second-order valence-corrected chi connectivity index (χ2v) is 4.21. The van der Waals surface area contributed by atoms with Crippen LogP contribution in [-0.4, -0.2) is 20.6 Å². The highest BCUT2D eigenvalue weighted by Crippen LogP contribution is 2.26. The minimum absolute atomic E-state index is 0.178. The van der Waals surface area contributed by atoms with Gasteiger partial charge in [-0.3, -0.25) is 0 Å². The van der Waals surface area contributed by atoms with Crippen LogP contribution < -0.4 is 0 Å². The summed E-state index contributed by atoms with van der Waals surface area (Å²) < 4.78 is 1.83. The summed E-state index contributed by atoms with van der Waals surface area (Å²) in [6.45, 7) is 3.97. The van der Waals surface area contributed by atoms with Gasteiger partial charge >= 0.3 is 5.97 Å². The number of aromatic nitrogens is 2. The Labute approximate surface area is 93.5 Å². The normalized spacial score (nSPS) is 11.2. The van der Waals surface area contributed by atoms with Crippen LogP contribution in [0.25, 0.3) is 11.0 Å². The summed E-state index contributed by atoms with van der Waals surface area (Å²) in [7, 11) is 1.86. The van der Waals surface area contributed by atoms with Crippen LogP contribution in [0, 0.1) is 0 Å². The first-order valence-electron chi connectivity index (χ1n) is 5.19. The molecule has 0 spiro atoms. The van der Waals surface area contributed by atoms with Gasteiger partial charge in [-0.05, 0) is 17.5 Å². The zero-order valence-corrected chi connectivity index (χ0v) is 9.56. The van der Waals surface area contributed by atoms with Crippen molar-refractivity contribution in [1.82, 2.24) is 9.55 Å². The molecule has 0 aliphatic heterocycles. The number of hydrogen-bond acceptors (Lipinski definition) is 2. The zero-order valence-electron chi connectivity index (χ0n) is 9.56. The maximum absolute atomic E-state index is 11.3. The first kappa shape index (κ1) is 10.7. The van der Waals surface area contributed by atoms with Crippen molar-refractivity contribution in [3.63, 3.8) is 0 Å². The fourth-order valence-corrected chi connectivity index (χ4v) is 1.92. The number of carbonyl (C=O) groups is 1. The first-order valence-corrected chi connectivity index (χ1v) is 5.19. The molecule has 0 atom stereocenters. The van der Waals surface area contributed by atoms with E-state index in [1.807, 2.05) is 37.6 Å². The second-order valence-electron chi connectivity index (χ2n) is 4.21. The summed E-state index contributed by atoms with van der Waals surface area (Å²) in [4.78, 5) is 15.5. The predicted octanol–water partition coefficient (Wildman–Crippen LogP) is 2.39. The number of aromatic carboxylic acids is 1. The molecule has 0 saturated heterocycles. The fraction of sp³-hybridized carbons (Fsp3) is 0.333. The minimum atomic E-state index is -0.909. The SMILES string of the molecule is CC(C)c1ccc2c(ncn2C)c1C(=O)O. The fourth-order valence-electron chi connectivity index (χ4n) is 1.92. The summed E-state index contributed by atoms with van der Waals surface area (Å²) in [5.74, 6) is -0.731. The summed E-state index contributed by atoms with van der Waals surface area (Å²) in [6.07, 6.45) is 1.64. The summed E-state index contributed by atoms with van der Waals surface area (Å²) in [5, 5.41) is 9.27. The van der Waals surface area contributed by atoms with Crippen molar-refractivity contribution in [1.29, 1.82) is 0 Å². The number of nitrogens with zero attached hydrogens (tertiary/aromatic N) is 2. The molecule has 0 aliphatic rings. The number of benzene rings is 1. The van der Waals surface area contributed by atoms with Crippen molar-refractivity contribution in [3.05, 3.63) is 29.6 Å². The van der Waals surface area contributed by atoms with Crippen molar-refractivity contribution < 1.29 is 9.90 Å². The third kappa shape index (κ3) is 1.46. The molecule has 1 aromatic heterocycles. The molecule has 0 amide bonds. The summed E-state index contributed by atoms with van der Waals surface area (Å²) in [6, 6.07) is 3.79. The lowest BCUT2D eigenvalue weighted by atomic mass is 9.96. The third-order valence-electron chi connectivity index (χ3n) is 2.76. The second kappa shape index (κ2) is 3.63. The molecule has 0 saturated carbocycles. The van der Waals surface area contributed by atoms with Crippen molar-refractivity contribution in [2.75, 3.05) is 0 Å². The van der Waals surface area contributed by atoms with E-state index in [1.54, 1.807) is 6.33 Å². The molecular formula is C12H14N2O2. The van der Waals surface area contributed by atoms with Crippen LogP contribution in [0.15, 0.2) is 18.5 Å². The van der Waals surface area contributed by atoms with E-state index >= 15 is 0 Å². The molecule has 2 rings (SSSR count).